The number of hydrogen-bond donors (Lipinski definition) is 1. The Morgan fingerprint density at radius 2 is 2.27 bits per heavy atom. The van der Waals surface area contributed by atoms with Crippen molar-refractivity contribution in [1.82, 2.24) is 0 Å². The highest BCUT2D eigenvalue weighted by molar-refractivity contribution is 5.49. The third-order valence-corrected chi connectivity index (χ3v) is 3.17. The van der Waals surface area contributed by atoms with Gasteiger partial charge in [0.05, 0.1) is 12.6 Å². The van der Waals surface area contributed by atoms with E-state index in [1.807, 2.05) is 0 Å². The molecule has 0 unspecified atom stereocenters. The molecule has 1 N–H and O–H groups in total. The minimum Gasteiger partial charge on any atom is -0.394 e. The lowest BCUT2D eigenvalue weighted by atomic mass is 10.0. The molecule has 1 aliphatic rings. The lowest BCUT2D eigenvalue weighted by molar-refractivity contribution is 0.240. The van der Waals surface area contributed by atoms with Crippen molar-refractivity contribution in [3.05, 3.63) is 29.8 Å². The van der Waals surface area contributed by atoms with Crippen molar-refractivity contribution in [2.45, 2.75) is 32.2 Å². The summed E-state index contributed by atoms with van der Waals surface area (Å²) >= 11 is 0. The first-order valence-corrected chi connectivity index (χ1v) is 5.75. The van der Waals surface area contributed by atoms with Crippen LogP contribution in [-0.2, 0) is 0 Å². The summed E-state index contributed by atoms with van der Waals surface area (Å²) in [5.74, 6) is 0. The van der Waals surface area contributed by atoms with E-state index in [0.29, 0.717) is 6.04 Å². The van der Waals surface area contributed by atoms with E-state index >= 15 is 0 Å². The smallest absolute Gasteiger partial charge is 0.0635 e. The van der Waals surface area contributed by atoms with Gasteiger partial charge in [0.1, 0.15) is 0 Å². The predicted octanol–water partition coefficient (Wildman–Crippen LogP) is 2.35. The summed E-state index contributed by atoms with van der Waals surface area (Å²) in [6, 6.07) is 8.87. The molecule has 0 aromatic heterocycles. The molecule has 2 heteroatoms. The van der Waals surface area contributed by atoms with Gasteiger partial charge < -0.3 is 10.0 Å². The van der Waals surface area contributed by atoms with E-state index in [1.54, 1.807) is 0 Å². The molecule has 1 aromatic carbocycles. The zero-order valence-electron chi connectivity index (χ0n) is 9.32. The monoisotopic (exact) mass is 205 g/mol. The SMILES string of the molecule is Cc1cccc(N2CCCC[C@H]2CO)c1. The van der Waals surface area contributed by atoms with Gasteiger partial charge in [-0.05, 0) is 43.9 Å². The minimum absolute atomic E-state index is 0.272. The summed E-state index contributed by atoms with van der Waals surface area (Å²) in [5, 5.41) is 9.35. The number of hydrogen-bond acceptors (Lipinski definition) is 2. The fourth-order valence-electron chi connectivity index (χ4n) is 2.34. The van der Waals surface area contributed by atoms with E-state index in [0.717, 1.165) is 13.0 Å². The van der Waals surface area contributed by atoms with Gasteiger partial charge in [0.2, 0.25) is 0 Å². The molecule has 1 heterocycles. The van der Waals surface area contributed by atoms with Crippen LogP contribution in [0.2, 0.25) is 0 Å². The second-order valence-corrected chi connectivity index (χ2v) is 4.36. The molecule has 0 aliphatic carbocycles. The molecule has 82 valence electrons. The zero-order chi connectivity index (χ0) is 10.7. The number of aliphatic hydroxyl groups excluding tert-OH is 1. The van der Waals surface area contributed by atoms with Crippen LogP contribution in [0, 0.1) is 6.92 Å². The first kappa shape index (κ1) is 10.5. The van der Waals surface area contributed by atoms with Crippen LogP contribution in [0.5, 0.6) is 0 Å². The van der Waals surface area contributed by atoms with Crippen LogP contribution in [0.4, 0.5) is 5.69 Å². The van der Waals surface area contributed by atoms with Crippen LogP contribution in [0.1, 0.15) is 24.8 Å². The molecule has 0 amide bonds. The topological polar surface area (TPSA) is 23.5 Å². The van der Waals surface area contributed by atoms with Crippen LogP contribution in [-0.4, -0.2) is 24.3 Å². The molecule has 1 aliphatic heterocycles. The first-order valence-electron chi connectivity index (χ1n) is 5.75. The Bertz CT molecular complexity index is 324. The van der Waals surface area contributed by atoms with E-state index in [4.69, 9.17) is 0 Å². The maximum Gasteiger partial charge on any atom is 0.0635 e. The number of rotatable bonds is 2. The molecule has 0 saturated carbocycles. The third kappa shape index (κ3) is 2.32. The van der Waals surface area contributed by atoms with Gasteiger partial charge in [-0.25, -0.2) is 0 Å². The van der Waals surface area contributed by atoms with E-state index in [9.17, 15) is 5.11 Å². The van der Waals surface area contributed by atoms with Crippen LogP contribution in [0.25, 0.3) is 0 Å². The van der Waals surface area contributed by atoms with Gasteiger partial charge in [-0.15, -0.1) is 0 Å². The molecule has 1 saturated heterocycles. The predicted molar refractivity (Wildman–Crippen MR) is 63.2 cm³/mol. The maximum atomic E-state index is 9.35. The average molecular weight is 205 g/mol. The Kier molecular flexibility index (Phi) is 3.27. The largest absolute Gasteiger partial charge is 0.394 e. The Balaban J connectivity index is 2.20. The molecule has 2 nitrogen and oxygen atoms in total. The van der Waals surface area contributed by atoms with E-state index < -0.39 is 0 Å². The maximum absolute atomic E-state index is 9.35. The van der Waals surface area contributed by atoms with Crippen LogP contribution < -0.4 is 4.90 Å². The summed E-state index contributed by atoms with van der Waals surface area (Å²) in [7, 11) is 0. The Hall–Kier alpha value is -1.02. The van der Waals surface area contributed by atoms with Crippen molar-refractivity contribution in [3.8, 4) is 0 Å². The molecule has 1 fully saturated rings. The van der Waals surface area contributed by atoms with Crippen LogP contribution >= 0.6 is 0 Å². The van der Waals surface area contributed by atoms with E-state index in [2.05, 4.69) is 36.1 Å². The summed E-state index contributed by atoms with van der Waals surface area (Å²) in [5.41, 5.74) is 2.54. The molecule has 1 aromatic rings. The fourth-order valence-corrected chi connectivity index (χ4v) is 2.34. The molecular formula is C13H19NO. The number of nitrogens with zero attached hydrogens (tertiary/aromatic N) is 1. The van der Waals surface area contributed by atoms with Gasteiger partial charge in [0.25, 0.3) is 0 Å². The Labute approximate surface area is 91.5 Å². The van der Waals surface area contributed by atoms with E-state index in [-0.39, 0.29) is 6.61 Å². The summed E-state index contributed by atoms with van der Waals surface area (Å²) in [6.45, 7) is 3.46. The van der Waals surface area contributed by atoms with Gasteiger partial charge in [0, 0.05) is 12.2 Å². The summed E-state index contributed by atoms with van der Waals surface area (Å²) < 4.78 is 0. The Morgan fingerprint density at radius 1 is 1.40 bits per heavy atom. The van der Waals surface area contributed by atoms with Gasteiger partial charge in [-0.2, -0.15) is 0 Å². The van der Waals surface area contributed by atoms with Crippen LogP contribution in [0.3, 0.4) is 0 Å². The highest BCUT2D eigenvalue weighted by atomic mass is 16.3. The van der Waals surface area contributed by atoms with Crippen LogP contribution in [0.15, 0.2) is 24.3 Å². The number of anilines is 1. The summed E-state index contributed by atoms with van der Waals surface area (Å²) in [4.78, 5) is 2.34. The van der Waals surface area contributed by atoms with Gasteiger partial charge in [0.15, 0.2) is 0 Å². The average Bonchev–Trinajstić information content (AvgIpc) is 2.29. The molecule has 1 atom stereocenters. The highest BCUT2D eigenvalue weighted by Crippen LogP contribution is 2.25. The number of benzene rings is 1. The van der Waals surface area contributed by atoms with Crippen molar-refractivity contribution in [3.63, 3.8) is 0 Å². The molecule has 0 radical (unpaired) electrons. The normalized spacial score (nSPS) is 21.7. The van der Waals surface area contributed by atoms with Gasteiger partial charge in [-0.1, -0.05) is 12.1 Å². The van der Waals surface area contributed by atoms with Crippen molar-refractivity contribution in [1.29, 1.82) is 0 Å². The second kappa shape index (κ2) is 4.67. The highest BCUT2D eigenvalue weighted by Gasteiger charge is 2.21. The molecule has 0 spiro atoms. The minimum atomic E-state index is 0.272. The Morgan fingerprint density at radius 3 is 3.00 bits per heavy atom. The number of piperidine rings is 1. The summed E-state index contributed by atoms with van der Waals surface area (Å²) in [6.07, 6.45) is 3.60. The second-order valence-electron chi connectivity index (χ2n) is 4.36. The van der Waals surface area contributed by atoms with Crippen molar-refractivity contribution in [2.75, 3.05) is 18.1 Å². The van der Waals surface area contributed by atoms with Crippen molar-refractivity contribution >= 4 is 5.69 Å². The quantitative estimate of drug-likeness (QED) is 0.801. The third-order valence-electron chi connectivity index (χ3n) is 3.17. The van der Waals surface area contributed by atoms with Crippen molar-refractivity contribution < 1.29 is 5.11 Å². The van der Waals surface area contributed by atoms with Crippen molar-refractivity contribution in [2.24, 2.45) is 0 Å². The van der Waals surface area contributed by atoms with Gasteiger partial charge in [-0.3, -0.25) is 0 Å². The van der Waals surface area contributed by atoms with E-state index in [1.165, 1.54) is 24.1 Å². The molecule has 2 rings (SSSR count). The number of aryl methyl sites for hydroxylation is 1. The molecule has 15 heavy (non-hydrogen) atoms. The molecule has 0 bridgehead atoms. The molecular weight excluding hydrogens is 186 g/mol. The lowest BCUT2D eigenvalue weighted by Gasteiger charge is -2.36. The zero-order valence-corrected chi connectivity index (χ0v) is 9.32. The lowest BCUT2D eigenvalue weighted by Crippen LogP contribution is -2.41. The standard InChI is InChI=1S/C13H19NO/c1-11-5-4-7-12(9-11)14-8-3-2-6-13(14)10-15/h4-5,7,9,13,15H,2-3,6,8,10H2,1H3/t13-/m0/s1. The first-order chi connectivity index (χ1) is 7.31. The number of aliphatic hydroxyl groups is 1. The fraction of sp³-hybridized carbons (Fsp3) is 0.538. The van der Waals surface area contributed by atoms with Gasteiger partial charge >= 0.3 is 0 Å².